The van der Waals surface area contributed by atoms with E-state index in [4.69, 9.17) is 4.74 Å². The highest BCUT2D eigenvalue weighted by Crippen LogP contribution is 2.48. The lowest BCUT2D eigenvalue weighted by Crippen LogP contribution is -2.38. The van der Waals surface area contributed by atoms with Gasteiger partial charge in [0.15, 0.2) is 0 Å². The van der Waals surface area contributed by atoms with Gasteiger partial charge in [-0.1, -0.05) is 6.42 Å². The molecule has 25 heavy (non-hydrogen) atoms. The van der Waals surface area contributed by atoms with Crippen molar-refractivity contribution in [2.75, 3.05) is 18.4 Å². The largest absolute Gasteiger partial charge is 0.491 e. The highest BCUT2D eigenvalue weighted by molar-refractivity contribution is 5.91. The third-order valence-electron chi connectivity index (χ3n) is 5.37. The molecule has 1 saturated heterocycles. The smallest absolute Gasteiger partial charge is 0.321 e. The normalized spacial score (nSPS) is 25.1. The molecule has 0 spiro atoms. The number of ether oxygens (including phenoxy) is 1. The Morgan fingerprint density at radius 1 is 1.40 bits per heavy atom. The van der Waals surface area contributed by atoms with Crippen LogP contribution in [0, 0.1) is 18.3 Å². The number of amides is 2. The van der Waals surface area contributed by atoms with Crippen molar-refractivity contribution in [3.8, 4) is 5.75 Å². The van der Waals surface area contributed by atoms with Crippen LogP contribution in [0.3, 0.4) is 0 Å². The number of nitrogens with zero attached hydrogens (tertiary/aromatic N) is 1. The molecule has 1 heterocycles. The summed E-state index contributed by atoms with van der Waals surface area (Å²) in [6.45, 7) is 6.69. The van der Waals surface area contributed by atoms with Crippen molar-refractivity contribution in [3.63, 3.8) is 0 Å². The van der Waals surface area contributed by atoms with Crippen LogP contribution in [0.4, 0.5) is 10.5 Å². The average Bonchev–Trinajstić information content (AvgIpc) is 3.07. The summed E-state index contributed by atoms with van der Waals surface area (Å²) in [6.07, 6.45) is 2.58. The monoisotopic (exact) mass is 346 g/mol. The predicted molar refractivity (Wildman–Crippen MR) is 94.9 cm³/mol. The molecule has 2 amide bonds. The number of carboxylic acid groups (broad SMARTS) is 1. The number of urea groups is 1. The molecule has 6 nitrogen and oxygen atoms in total. The van der Waals surface area contributed by atoms with Crippen LogP contribution in [0.5, 0.6) is 5.75 Å². The van der Waals surface area contributed by atoms with Gasteiger partial charge in [0.25, 0.3) is 0 Å². The lowest BCUT2D eigenvalue weighted by Gasteiger charge is -2.23. The molecule has 1 saturated carbocycles. The van der Waals surface area contributed by atoms with Gasteiger partial charge in [0.05, 0.1) is 11.5 Å². The number of hydrogen-bond acceptors (Lipinski definition) is 3. The van der Waals surface area contributed by atoms with Gasteiger partial charge in [-0.2, -0.15) is 0 Å². The number of anilines is 1. The number of nitrogens with one attached hydrogen (secondary N) is 1. The van der Waals surface area contributed by atoms with Crippen molar-refractivity contribution < 1.29 is 19.4 Å². The van der Waals surface area contributed by atoms with Crippen molar-refractivity contribution in [1.29, 1.82) is 0 Å². The summed E-state index contributed by atoms with van der Waals surface area (Å²) >= 11 is 0. The van der Waals surface area contributed by atoms with Gasteiger partial charge in [0.1, 0.15) is 5.75 Å². The molecule has 6 heteroatoms. The number of likely N-dealkylation sites (tertiary alicyclic amines) is 1. The van der Waals surface area contributed by atoms with E-state index in [1.165, 1.54) is 0 Å². The fraction of sp³-hybridized carbons (Fsp3) is 0.579. The zero-order valence-corrected chi connectivity index (χ0v) is 15.0. The number of aliphatic carboxylic acids is 1. The molecule has 3 rings (SSSR count). The van der Waals surface area contributed by atoms with Gasteiger partial charge in [0.2, 0.25) is 0 Å². The molecule has 0 unspecified atom stereocenters. The van der Waals surface area contributed by atoms with E-state index in [0.717, 1.165) is 24.2 Å². The van der Waals surface area contributed by atoms with Crippen LogP contribution in [0.15, 0.2) is 18.2 Å². The van der Waals surface area contributed by atoms with Crippen molar-refractivity contribution in [3.05, 3.63) is 23.8 Å². The van der Waals surface area contributed by atoms with E-state index in [-0.39, 0.29) is 18.1 Å². The Morgan fingerprint density at radius 3 is 2.76 bits per heavy atom. The maximum atomic E-state index is 12.6. The molecule has 0 aromatic heterocycles. The number of hydrogen-bond donors (Lipinski definition) is 2. The molecular formula is C19H26N2O4. The van der Waals surface area contributed by atoms with E-state index in [0.29, 0.717) is 25.2 Å². The summed E-state index contributed by atoms with van der Waals surface area (Å²) < 4.78 is 5.71. The highest BCUT2D eigenvalue weighted by Gasteiger charge is 2.55. The molecule has 2 atom stereocenters. The maximum absolute atomic E-state index is 12.6. The molecule has 1 aromatic carbocycles. The Kier molecular flexibility index (Phi) is 4.62. The first-order chi connectivity index (χ1) is 11.8. The third kappa shape index (κ3) is 3.30. The van der Waals surface area contributed by atoms with E-state index in [1.54, 1.807) is 4.90 Å². The van der Waals surface area contributed by atoms with Gasteiger partial charge in [0, 0.05) is 18.8 Å². The second-order valence-corrected chi connectivity index (χ2v) is 7.51. The van der Waals surface area contributed by atoms with Crippen molar-refractivity contribution in [2.45, 2.75) is 46.1 Å². The van der Waals surface area contributed by atoms with Crippen molar-refractivity contribution in [2.24, 2.45) is 11.3 Å². The van der Waals surface area contributed by atoms with E-state index >= 15 is 0 Å². The molecular weight excluding hydrogens is 320 g/mol. The van der Waals surface area contributed by atoms with Crippen LogP contribution < -0.4 is 10.1 Å². The Morgan fingerprint density at radius 2 is 2.16 bits per heavy atom. The fourth-order valence-electron chi connectivity index (χ4n) is 4.11. The molecule has 0 radical (unpaired) electrons. The second kappa shape index (κ2) is 6.58. The first kappa shape index (κ1) is 17.6. The van der Waals surface area contributed by atoms with Crippen LogP contribution in [0.2, 0.25) is 0 Å². The Bertz CT molecular complexity index is 688. The van der Waals surface area contributed by atoms with Gasteiger partial charge in [-0.05, 0) is 63.3 Å². The number of fused-ring (bicyclic) bond motifs is 1. The minimum atomic E-state index is -0.767. The molecule has 2 N–H and O–H groups in total. The number of carboxylic acids is 1. The zero-order chi connectivity index (χ0) is 18.2. The molecule has 136 valence electrons. The molecule has 0 bridgehead atoms. The lowest BCUT2D eigenvalue weighted by atomic mass is 9.81. The summed E-state index contributed by atoms with van der Waals surface area (Å²) in [4.78, 5) is 25.9. The summed E-state index contributed by atoms with van der Waals surface area (Å²) in [7, 11) is 0. The second-order valence-electron chi connectivity index (χ2n) is 7.51. The Balaban J connectivity index is 1.67. The van der Waals surface area contributed by atoms with E-state index in [2.05, 4.69) is 5.32 Å². The molecule has 1 aliphatic heterocycles. The van der Waals surface area contributed by atoms with E-state index in [9.17, 15) is 14.7 Å². The van der Waals surface area contributed by atoms with Crippen LogP contribution in [-0.4, -0.2) is 41.2 Å². The highest BCUT2D eigenvalue weighted by atomic mass is 16.5. The maximum Gasteiger partial charge on any atom is 0.321 e. The summed E-state index contributed by atoms with van der Waals surface area (Å²) in [6, 6.07) is 5.31. The van der Waals surface area contributed by atoms with Crippen LogP contribution in [0.25, 0.3) is 0 Å². The summed E-state index contributed by atoms with van der Waals surface area (Å²) in [5, 5.41) is 12.5. The molecule has 2 aliphatic rings. The number of carbonyl (C=O) groups excluding carboxylic acids is 1. The van der Waals surface area contributed by atoms with Gasteiger partial charge < -0.3 is 20.1 Å². The molecule has 2 fully saturated rings. The van der Waals surface area contributed by atoms with E-state index in [1.807, 2.05) is 39.0 Å². The van der Waals surface area contributed by atoms with Gasteiger partial charge in [-0.25, -0.2) is 4.79 Å². The third-order valence-corrected chi connectivity index (χ3v) is 5.37. The number of aryl methyl sites for hydroxylation is 1. The first-order valence-corrected chi connectivity index (χ1v) is 8.88. The van der Waals surface area contributed by atoms with Crippen LogP contribution in [-0.2, 0) is 4.79 Å². The zero-order valence-electron chi connectivity index (χ0n) is 15.0. The van der Waals surface area contributed by atoms with Gasteiger partial charge >= 0.3 is 12.0 Å². The Labute approximate surface area is 148 Å². The minimum absolute atomic E-state index is 0.0688. The van der Waals surface area contributed by atoms with Crippen molar-refractivity contribution in [1.82, 2.24) is 4.90 Å². The van der Waals surface area contributed by atoms with Crippen LogP contribution in [0.1, 0.15) is 38.7 Å². The fourth-order valence-corrected chi connectivity index (χ4v) is 4.11. The standard InChI is InChI=1S/C19H26N2O4/c1-12(2)25-16-7-6-15(9-13(16)3)20-18(24)21-10-14-5-4-8-19(14,11-21)17(22)23/h6-7,9,12,14H,4-5,8,10-11H2,1-3H3,(H,20,24)(H,22,23)/t14-,19+/m0/s1. The topological polar surface area (TPSA) is 78.9 Å². The minimum Gasteiger partial charge on any atom is -0.491 e. The summed E-state index contributed by atoms with van der Waals surface area (Å²) in [5.41, 5.74) is 0.897. The van der Waals surface area contributed by atoms with Crippen LogP contribution >= 0.6 is 0 Å². The Hall–Kier alpha value is -2.24. The summed E-state index contributed by atoms with van der Waals surface area (Å²) in [5.74, 6) is 0.101. The van der Waals surface area contributed by atoms with E-state index < -0.39 is 11.4 Å². The van der Waals surface area contributed by atoms with Crippen molar-refractivity contribution >= 4 is 17.7 Å². The number of benzene rings is 1. The number of carbonyl (C=O) groups is 2. The predicted octanol–water partition coefficient (Wildman–Crippen LogP) is 3.50. The number of rotatable bonds is 4. The molecule has 1 aromatic rings. The lowest BCUT2D eigenvalue weighted by molar-refractivity contribution is -0.149. The van der Waals surface area contributed by atoms with Gasteiger partial charge in [-0.3, -0.25) is 4.79 Å². The quantitative estimate of drug-likeness (QED) is 0.874. The SMILES string of the molecule is Cc1cc(NC(=O)N2C[C@@H]3CCC[C@@]3(C(=O)O)C2)ccc1OC(C)C. The van der Waals surface area contributed by atoms with Gasteiger partial charge in [-0.15, -0.1) is 0 Å². The average molecular weight is 346 g/mol. The molecule has 1 aliphatic carbocycles. The first-order valence-electron chi connectivity index (χ1n) is 8.88.